The molecule has 0 amide bonds. The molecule has 124 valence electrons. The zero-order chi connectivity index (χ0) is 16.5. The zero-order valence-electron chi connectivity index (χ0n) is 13.4. The maximum Gasteiger partial charge on any atom is 0.151 e. The summed E-state index contributed by atoms with van der Waals surface area (Å²) < 4.78 is 1.04. The first-order chi connectivity index (χ1) is 11.7. The Morgan fingerprint density at radius 2 is 1.96 bits per heavy atom. The number of hydrogen-bond acceptors (Lipinski definition) is 7. The summed E-state index contributed by atoms with van der Waals surface area (Å²) in [6, 6.07) is 9.18. The van der Waals surface area contributed by atoms with E-state index in [1.807, 2.05) is 6.07 Å². The summed E-state index contributed by atoms with van der Waals surface area (Å²) in [4.78, 5) is 13.5. The van der Waals surface area contributed by atoms with Gasteiger partial charge >= 0.3 is 0 Å². The van der Waals surface area contributed by atoms with Crippen LogP contribution >= 0.6 is 11.3 Å². The molecule has 0 bridgehead atoms. The molecule has 0 spiro atoms. The van der Waals surface area contributed by atoms with Gasteiger partial charge in [0.1, 0.15) is 12.1 Å². The van der Waals surface area contributed by atoms with Crippen molar-refractivity contribution in [1.82, 2.24) is 14.9 Å². The number of phenols is 1. The molecule has 2 aromatic heterocycles. The smallest absolute Gasteiger partial charge is 0.151 e. The number of piperazine rings is 1. The van der Waals surface area contributed by atoms with Gasteiger partial charge < -0.3 is 20.2 Å². The molecule has 2 N–H and O–H groups in total. The second-order valence-corrected chi connectivity index (χ2v) is 7.02. The predicted octanol–water partition coefficient (Wildman–Crippen LogP) is 2.89. The molecule has 1 aliphatic heterocycles. The van der Waals surface area contributed by atoms with Crippen LogP contribution in [0.1, 0.15) is 0 Å². The molecule has 1 aliphatic rings. The largest absolute Gasteiger partial charge is 0.508 e. The third-order valence-corrected chi connectivity index (χ3v) is 5.41. The van der Waals surface area contributed by atoms with Gasteiger partial charge in [-0.25, -0.2) is 9.97 Å². The van der Waals surface area contributed by atoms with Crippen LogP contribution in [0.3, 0.4) is 0 Å². The van der Waals surface area contributed by atoms with Gasteiger partial charge in [-0.1, -0.05) is 6.07 Å². The average molecular weight is 341 g/mol. The van der Waals surface area contributed by atoms with Crippen LogP contribution in [0, 0.1) is 0 Å². The minimum absolute atomic E-state index is 0.231. The summed E-state index contributed by atoms with van der Waals surface area (Å²) in [5.41, 5.74) is 1.76. The summed E-state index contributed by atoms with van der Waals surface area (Å²) in [5.74, 6) is 1.01. The Hall–Kier alpha value is -2.38. The molecule has 0 atom stereocenters. The van der Waals surface area contributed by atoms with Gasteiger partial charge in [-0.3, -0.25) is 0 Å². The van der Waals surface area contributed by atoms with Gasteiger partial charge in [-0.05, 0) is 25.2 Å². The van der Waals surface area contributed by atoms with E-state index in [2.05, 4.69) is 38.2 Å². The number of aromatic nitrogens is 2. The summed E-state index contributed by atoms with van der Waals surface area (Å²) in [5, 5.41) is 14.1. The highest BCUT2D eigenvalue weighted by Crippen LogP contribution is 2.36. The number of fused-ring (bicyclic) bond motifs is 1. The van der Waals surface area contributed by atoms with Crippen molar-refractivity contribution in [2.45, 2.75) is 0 Å². The lowest BCUT2D eigenvalue weighted by atomic mass is 10.3. The van der Waals surface area contributed by atoms with Gasteiger partial charge in [0, 0.05) is 37.9 Å². The Balaban J connectivity index is 1.65. The molecule has 4 rings (SSSR count). The summed E-state index contributed by atoms with van der Waals surface area (Å²) in [6.45, 7) is 4.22. The number of likely N-dealkylation sites (N-methyl/N-ethyl adjacent to an activating group) is 1. The second kappa shape index (κ2) is 6.26. The number of benzene rings is 1. The van der Waals surface area contributed by atoms with E-state index in [9.17, 15) is 5.11 Å². The topological polar surface area (TPSA) is 64.5 Å². The van der Waals surface area contributed by atoms with E-state index >= 15 is 0 Å². The van der Waals surface area contributed by atoms with Crippen molar-refractivity contribution in [2.75, 3.05) is 43.4 Å². The molecule has 0 saturated carbocycles. The Labute approximate surface area is 144 Å². The number of rotatable bonds is 3. The van der Waals surface area contributed by atoms with Crippen molar-refractivity contribution in [3.63, 3.8) is 0 Å². The molecule has 1 aromatic carbocycles. The van der Waals surface area contributed by atoms with Crippen molar-refractivity contribution in [1.29, 1.82) is 0 Å². The van der Waals surface area contributed by atoms with Crippen LogP contribution in [0.2, 0.25) is 0 Å². The molecule has 1 saturated heterocycles. The van der Waals surface area contributed by atoms with E-state index < -0.39 is 0 Å². The van der Waals surface area contributed by atoms with Crippen LogP contribution < -0.4 is 10.2 Å². The number of thiophene rings is 1. The van der Waals surface area contributed by atoms with Crippen LogP contribution in [-0.4, -0.2) is 53.2 Å². The van der Waals surface area contributed by atoms with Crippen molar-refractivity contribution in [3.8, 4) is 5.75 Å². The van der Waals surface area contributed by atoms with Gasteiger partial charge in [-0.2, -0.15) is 0 Å². The molecule has 3 heterocycles. The number of nitrogens with zero attached hydrogens (tertiary/aromatic N) is 4. The van der Waals surface area contributed by atoms with E-state index in [0.29, 0.717) is 0 Å². The molecule has 6 nitrogen and oxygen atoms in total. The maximum atomic E-state index is 9.62. The van der Waals surface area contributed by atoms with Gasteiger partial charge in [0.05, 0.1) is 15.2 Å². The number of aromatic hydroxyl groups is 1. The number of anilines is 3. The first-order valence-corrected chi connectivity index (χ1v) is 8.75. The minimum atomic E-state index is 0.231. The average Bonchev–Trinajstić information content (AvgIpc) is 3.01. The van der Waals surface area contributed by atoms with E-state index in [4.69, 9.17) is 0 Å². The van der Waals surface area contributed by atoms with E-state index in [1.165, 1.54) is 5.00 Å². The van der Waals surface area contributed by atoms with Crippen LogP contribution in [0.25, 0.3) is 10.2 Å². The third kappa shape index (κ3) is 3.00. The van der Waals surface area contributed by atoms with Crippen LogP contribution in [-0.2, 0) is 0 Å². The minimum Gasteiger partial charge on any atom is -0.508 e. The Bertz CT molecular complexity index is 857. The van der Waals surface area contributed by atoms with E-state index in [0.717, 1.165) is 47.9 Å². The predicted molar refractivity (Wildman–Crippen MR) is 98.5 cm³/mol. The lowest BCUT2D eigenvalue weighted by Gasteiger charge is -2.32. The first-order valence-electron chi connectivity index (χ1n) is 7.93. The molecule has 1 fully saturated rings. The molecular formula is C17H19N5OS. The highest BCUT2D eigenvalue weighted by Gasteiger charge is 2.18. The van der Waals surface area contributed by atoms with Crippen LogP contribution in [0.15, 0.2) is 36.7 Å². The fourth-order valence-electron chi connectivity index (χ4n) is 2.83. The Morgan fingerprint density at radius 1 is 1.12 bits per heavy atom. The van der Waals surface area contributed by atoms with Gasteiger partial charge in [0.25, 0.3) is 0 Å². The van der Waals surface area contributed by atoms with E-state index in [1.54, 1.807) is 35.9 Å². The highest BCUT2D eigenvalue weighted by molar-refractivity contribution is 7.23. The monoisotopic (exact) mass is 341 g/mol. The highest BCUT2D eigenvalue weighted by atomic mass is 32.1. The molecular weight excluding hydrogens is 322 g/mol. The fourth-order valence-corrected chi connectivity index (χ4v) is 3.94. The van der Waals surface area contributed by atoms with Gasteiger partial charge in [0.2, 0.25) is 0 Å². The second-order valence-electron chi connectivity index (χ2n) is 5.99. The quantitative estimate of drug-likeness (QED) is 0.764. The lowest BCUT2D eigenvalue weighted by Crippen LogP contribution is -2.44. The van der Waals surface area contributed by atoms with Gasteiger partial charge in [-0.15, -0.1) is 11.3 Å². The number of hydrogen-bond donors (Lipinski definition) is 2. The summed E-state index contributed by atoms with van der Waals surface area (Å²) in [7, 11) is 2.16. The number of nitrogens with one attached hydrogen (secondary N) is 1. The van der Waals surface area contributed by atoms with Crippen LogP contribution in [0.4, 0.5) is 16.5 Å². The standard InChI is InChI=1S/C17H19N5OS/c1-21-5-7-22(8-6-21)15-10-14-16(24-15)17(19-11-18-14)20-12-3-2-4-13(23)9-12/h2-4,9-11,23H,5-8H2,1H3,(H,18,19,20). The molecule has 0 radical (unpaired) electrons. The Kier molecular flexibility index (Phi) is 3.95. The van der Waals surface area contributed by atoms with Crippen molar-refractivity contribution >= 4 is 38.1 Å². The molecule has 0 aliphatic carbocycles. The zero-order valence-corrected chi connectivity index (χ0v) is 14.3. The molecule has 24 heavy (non-hydrogen) atoms. The van der Waals surface area contributed by atoms with Crippen molar-refractivity contribution < 1.29 is 5.11 Å². The van der Waals surface area contributed by atoms with Crippen LogP contribution in [0.5, 0.6) is 5.75 Å². The fraction of sp³-hybridized carbons (Fsp3) is 0.294. The normalized spacial score (nSPS) is 15.8. The summed E-state index contributed by atoms with van der Waals surface area (Å²) >= 11 is 1.71. The SMILES string of the molecule is CN1CCN(c2cc3ncnc(Nc4cccc(O)c4)c3s2)CC1. The lowest BCUT2D eigenvalue weighted by molar-refractivity contribution is 0.313. The summed E-state index contributed by atoms with van der Waals surface area (Å²) in [6.07, 6.45) is 1.58. The van der Waals surface area contributed by atoms with E-state index in [-0.39, 0.29) is 5.75 Å². The third-order valence-electron chi connectivity index (χ3n) is 4.22. The van der Waals surface area contributed by atoms with Gasteiger partial charge in [0.15, 0.2) is 5.82 Å². The molecule has 7 heteroatoms. The molecule has 0 unspecified atom stereocenters. The Morgan fingerprint density at radius 3 is 2.75 bits per heavy atom. The van der Waals surface area contributed by atoms with Crippen molar-refractivity contribution in [2.24, 2.45) is 0 Å². The maximum absolute atomic E-state index is 9.62. The first kappa shape index (κ1) is 15.2. The number of phenolic OH excluding ortho intramolecular Hbond substituents is 1. The molecule has 3 aromatic rings. The van der Waals surface area contributed by atoms with Crippen molar-refractivity contribution in [3.05, 3.63) is 36.7 Å².